The smallest absolute Gasteiger partial charge is 0.119 e. The quantitative estimate of drug-likeness (QED) is 0.653. The molecule has 2 heteroatoms. The van der Waals surface area contributed by atoms with E-state index >= 15 is 0 Å². The molecule has 2 aromatic carbocycles. The van der Waals surface area contributed by atoms with Gasteiger partial charge in [0.05, 0.1) is 6.61 Å². The van der Waals surface area contributed by atoms with E-state index in [1.54, 1.807) is 0 Å². The van der Waals surface area contributed by atoms with Crippen molar-refractivity contribution in [3.63, 3.8) is 0 Å². The third-order valence-electron chi connectivity index (χ3n) is 5.03. The van der Waals surface area contributed by atoms with Crippen molar-refractivity contribution in [3.05, 3.63) is 65.7 Å². The first-order valence-electron chi connectivity index (χ1n) is 8.45. The van der Waals surface area contributed by atoms with Crippen LogP contribution in [-0.2, 0) is 5.41 Å². The van der Waals surface area contributed by atoms with Crippen molar-refractivity contribution >= 4 is 12.4 Å². The molecule has 23 heavy (non-hydrogen) atoms. The van der Waals surface area contributed by atoms with Crippen LogP contribution in [0.5, 0.6) is 5.75 Å². The number of hydrogen-bond donors (Lipinski definition) is 0. The van der Waals surface area contributed by atoms with Crippen molar-refractivity contribution in [2.75, 3.05) is 6.61 Å². The predicted octanol–water partition coefficient (Wildman–Crippen LogP) is 6.00. The first kappa shape index (κ1) is 17.9. The van der Waals surface area contributed by atoms with Crippen LogP contribution in [0.1, 0.15) is 50.7 Å². The molecule has 1 saturated carbocycles. The third-order valence-corrected chi connectivity index (χ3v) is 5.03. The summed E-state index contributed by atoms with van der Waals surface area (Å²) in [5, 5.41) is 0. The van der Waals surface area contributed by atoms with Gasteiger partial charge in [0.2, 0.25) is 0 Å². The maximum absolute atomic E-state index is 5.96. The van der Waals surface area contributed by atoms with Crippen LogP contribution in [0.15, 0.2) is 54.6 Å². The average molecular weight is 331 g/mol. The molecule has 0 unspecified atom stereocenters. The minimum atomic E-state index is 0. The van der Waals surface area contributed by atoms with E-state index in [-0.39, 0.29) is 17.8 Å². The Labute approximate surface area is 146 Å². The molecule has 1 fully saturated rings. The lowest BCUT2D eigenvalue weighted by Gasteiger charge is -2.26. The summed E-state index contributed by atoms with van der Waals surface area (Å²) >= 11 is 0. The summed E-state index contributed by atoms with van der Waals surface area (Å²) in [7, 11) is 0. The molecule has 1 aliphatic rings. The Morgan fingerprint density at radius 3 is 2.04 bits per heavy atom. The fourth-order valence-corrected chi connectivity index (χ4v) is 3.38. The van der Waals surface area contributed by atoms with Crippen LogP contribution in [0, 0.1) is 5.92 Å². The third kappa shape index (κ3) is 4.29. The van der Waals surface area contributed by atoms with Crippen LogP contribution in [-0.4, -0.2) is 6.61 Å². The standard InChI is InChI=1S/C21H26O.ClH/c1-21(2,18-10-4-3-5-11-18)19-12-14-20(15-13-19)22-16-17-8-6-7-9-17;/h3-5,10-15,17H,6-9,16H2,1-2H3;1H. The lowest BCUT2D eigenvalue weighted by molar-refractivity contribution is 0.252. The molecule has 1 nitrogen and oxygen atoms in total. The molecule has 1 aliphatic carbocycles. The Kier molecular flexibility index (Phi) is 6.12. The summed E-state index contributed by atoms with van der Waals surface area (Å²) in [6.45, 7) is 5.43. The molecule has 0 radical (unpaired) electrons. The molecule has 0 saturated heterocycles. The Morgan fingerprint density at radius 1 is 0.870 bits per heavy atom. The van der Waals surface area contributed by atoms with E-state index in [9.17, 15) is 0 Å². The SMILES string of the molecule is CC(C)(c1ccccc1)c1ccc(OCC2CCCC2)cc1.Cl. The van der Waals surface area contributed by atoms with E-state index in [1.807, 2.05) is 0 Å². The molecule has 124 valence electrons. The number of ether oxygens (including phenoxy) is 1. The molecular weight excluding hydrogens is 304 g/mol. The van der Waals surface area contributed by atoms with E-state index in [0.29, 0.717) is 0 Å². The van der Waals surface area contributed by atoms with Crippen LogP contribution in [0.2, 0.25) is 0 Å². The Balaban J connectivity index is 0.00000192. The molecule has 0 spiro atoms. The van der Waals surface area contributed by atoms with Gasteiger partial charge in [-0.25, -0.2) is 0 Å². The second kappa shape index (κ2) is 7.88. The zero-order chi connectivity index (χ0) is 15.4. The Hall–Kier alpha value is -1.47. The number of halogens is 1. The van der Waals surface area contributed by atoms with Gasteiger partial charge in [-0.3, -0.25) is 0 Å². The predicted molar refractivity (Wildman–Crippen MR) is 99.7 cm³/mol. The lowest BCUT2D eigenvalue weighted by atomic mass is 9.78. The summed E-state index contributed by atoms with van der Waals surface area (Å²) in [4.78, 5) is 0. The van der Waals surface area contributed by atoms with Gasteiger partial charge in [0.15, 0.2) is 0 Å². The Morgan fingerprint density at radius 2 is 1.43 bits per heavy atom. The highest BCUT2D eigenvalue weighted by Gasteiger charge is 2.22. The minimum Gasteiger partial charge on any atom is -0.493 e. The van der Waals surface area contributed by atoms with Gasteiger partial charge in [-0.1, -0.05) is 69.2 Å². The van der Waals surface area contributed by atoms with Gasteiger partial charge < -0.3 is 4.74 Å². The molecule has 0 amide bonds. The van der Waals surface area contributed by atoms with E-state index in [4.69, 9.17) is 4.74 Å². The van der Waals surface area contributed by atoms with Gasteiger partial charge in [0, 0.05) is 5.41 Å². The maximum atomic E-state index is 5.96. The molecular formula is C21H27ClO. The number of hydrogen-bond acceptors (Lipinski definition) is 1. The Bertz CT molecular complexity index is 583. The topological polar surface area (TPSA) is 9.23 Å². The fraction of sp³-hybridized carbons (Fsp3) is 0.429. The van der Waals surface area contributed by atoms with Crippen molar-refractivity contribution in [2.24, 2.45) is 5.92 Å². The van der Waals surface area contributed by atoms with E-state index < -0.39 is 0 Å². The molecule has 0 N–H and O–H groups in total. The van der Waals surface area contributed by atoms with E-state index in [1.165, 1.54) is 36.8 Å². The molecule has 2 aromatic rings. The summed E-state index contributed by atoms with van der Waals surface area (Å²) in [6.07, 6.45) is 5.41. The van der Waals surface area contributed by atoms with Gasteiger partial charge in [-0.05, 0) is 42.0 Å². The zero-order valence-corrected chi connectivity index (χ0v) is 14.9. The number of benzene rings is 2. The molecule has 0 atom stereocenters. The van der Waals surface area contributed by atoms with Crippen LogP contribution in [0.25, 0.3) is 0 Å². The highest BCUT2D eigenvalue weighted by Crippen LogP contribution is 2.32. The van der Waals surface area contributed by atoms with Crippen molar-refractivity contribution in [2.45, 2.75) is 44.9 Å². The van der Waals surface area contributed by atoms with Crippen molar-refractivity contribution in [3.8, 4) is 5.75 Å². The summed E-state index contributed by atoms with van der Waals surface area (Å²) in [5.74, 6) is 1.76. The van der Waals surface area contributed by atoms with Crippen LogP contribution in [0.4, 0.5) is 0 Å². The van der Waals surface area contributed by atoms with Gasteiger partial charge in [0.1, 0.15) is 5.75 Å². The monoisotopic (exact) mass is 330 g/mol. The van der Waals surface area contributed by atoms with Gasteiger partial charge >= 0.3 is 0 Å². The zero-order valence-electron chi connectivity index (χ0n) is 14.1. The fourth-order valence-electron chi connectivity index (χ4n) is 3.38. The van der Waals surface area contributed by atoms with E-state index in [2.05, 4.69) is 68.4 Å². The van der Waals surface area contributed by atoms with Crippen LogP contribution < -0.4 is 4.74 Å². The second-order valence-electron chi connectivity index (χ2n) is 6.98. The van der Waals surface area contributed by atoms with Crippen LogP contribution in [0.3, 0.4) is 0 Å². The summed E-state index contributed by atoms with van der Waals surface area (Å²) in [6, 6.07) is 19.3. The van der Waals surface area contributed by atoms with Crippen molar-refractivity contribution < 1.29 is 4.74 Å². The van der Waals surface area contributed by atoms with E-state index in [0.717, 1.165) is 18.3 Å². The van der Waals surface area contributed by atoms with Crippen LogP contribution >= 0.6 is 12.4 Å². The normalized spacial score (nSPS) is 15.2. The summed E-state index contributed by atoms with van der Waals surface area (Å²) in [5.41, 5.74) is 2.69. The van der Waals surface area contributed by atoms with Crippen molar-refractivity contribution in [1.29, 1.82) is 0 Å². The largest absolute Gasteiger partial charge is 0.493 e. The average Bonchev–Trinajstić information content (AvgIpc) is 3.08. The minimum absolute atomic E-state index is 0. The summed E-state index contributed by atoms with van der Waals surface area (Å²) < 4.78 is 5.96. The maximum Gasteiger partial charge on any atom is 0.119 e. The molecule has 0 bridgehead atoms. The van der Waals surface area contributed by atoms with Gasteiger partial charge in [-0.15, -0.1) is 12.4 Å². The molecule has 0 aromatic heterocycles. The number of rotatable bonds is 5. The highest BCUT2D eigenvalue weighted by atomic mass is 35.5. The van der Waals surface area contributed by atoms with Crippen molar-refractivity contribution in [1.82, 2.24) is 0 Å². The first-order valence-corrected chi connectivity index (χ1v) is 8.45. The second-order valence-corrected chi connectivity index (χ2v) is 6.98. The molecule has 0 aliphatic heterocycles. The lowest BCUT2D eigenvalue weighted by Crippen LogP contribution is -2.18. The highest BCUT2D eigenvalue weighted by molar-refractivity contribution is 5.85. The van der Waals surface area contributed by atoms with Gasteiger partial charge in [-0.2, -0.15) is 0 Å². The van der Waals surface area contributed by atoms with Gasteiger partial charge in [0.25, 0.3) is 0 Å². The molecule has 0 heterocycles. The molecule has 3 rings (SSSR count). The first-order chi connectivity index (χ1) is 10.7.